The number of H-pyrrole nitrogens is 1. The Labute approximate surface area is 172 Å². The minimum atomic E-state index is -0.440. The van der Waals surface area contributed by atoms with E-state index in [2.05, 4.69) is 24.4 Å². The number of ether oxygens (including phenoxy) is 2. The summed E-state index contributed by atoms with van der Waals surface area (Å²) in [5.41, 5.74) is 6.72. The summed E-state index contributed by atoms with van der Waals surface area (Å²) in [6.45, 7) is 3.33. The number of esters is 2. The lowest BCUT2D eigenvalue weighted by molar-refractivity contribution is -0.140. The molecule has 10 heteroatoms. The Kier molecular flexibility index (Phi) is 9.47. The molecule has 0 bridgehead atoms. The van der Waals surface area contributed by atoms with Gasteiger partial charge in [-0.2, -0.15) is 0 Å². The molecule has 10 nitrogen and oxygen atoms in total. The van der Waals surface area contributed by atoms with Crippen molar-refractivity contribution < 1.29 is 24.2 Å². The van der Waals surface area contributed by atoms with Crippen molar-refractivity contribution in [1.82, 2.24) is 15.0 Å². The SMILES string of the molecule is CCC(=O)OC.COC(=O)c1ccncc1N.Cc1c(O)c2ccncc2[nH]c1=O. The summed E-state index contributed by atoms with van der Waals surface area (Å²) in [7, 11) is 2.69. The van der Waals surface area contributed by atoms with Gasteiger partial charge in [-0.1, -0.05) is 6.92 Å². The third kappa shape index (κ3) is 6.59. The number of aromatic nitrogens is 3. The number of methoxy groups -OCH3 is 2. The highest BCUT2D eigenvalue weighted by molar-refractivity contribution is 5.94. The Morgan fingerprint density at radius 1 is 1.13 bits per heavy atom. The Balaban J connectivity index is 0.000000242. The maximum atomic E-state index is 11.2. The van der Waals surface area contributed by atoms with Gasteiger partial charge in [0.05, 0.1) is 48.9 Å². The number of nitrogens with zero attached hydrogens (tertiary/aromatic N) is 2. The Morgan fingerprint density at radius 2 is 1.77 bits per heavy atom. The van der Waals surface area contributed by atoms with E-state index < -0.39 is 5.97 Å². The topological polar surface area (TPSA) is 157 Å². The lowest BCUT2D eigenvalue weighted by atomic mass is 10.2. The largest absolute Gasteiger partial charge is 0.507 e. The summed E-state index contributed by atoms with van der Waals surface area (Å²) in [5.74, 6) is -0.568. The third-order valence-corrected chi connectivity index (χ3v) is 3.79. The second-order valence-corrected chi connectivity index (χ2v) is 5.73. The van der Waals surface area contributed by atoms with Crippen LogP contribution in [-0.2, 0) is 14.3 Å². The molecule has 3 aromatic rings. The Hall–Kier alpha value is -3.95. The van der Waals surface area contributed by atoms with Gasteiger partial charge in [0.25, 0.3) is 5.56 Å². The molecule has 0 atom stereocenters. The van der Waals surface area contributed by atoms with E-state index in [0.29, 0.717) is 34.1 Å². The number of pyridine rings is 3. The highest BCUT2D eigenvalue weighted by Gasteiger charge is 2.08. The molecular weight excluding hydrogens is 392 g/mol. The number of hydrogen-bond acceptors (Lipinski definition) is 9. The number of rotatable bonds is 2. The summed E-state index contributed by atoms with van der Waals surface area (Å²) >= 11 is 0. The van der Waals surface area contributed by atoms with Crippen LogP contribution in [0.15, 0.2) is 41.7 Å². The van der Waals surface area contributed by atoms with Gasteiger partial charge in [0.2, 0.25) is 0 Å². The molecular formula is C20H24N4O6. The van der Waals surface area contributed by atoms with E-state index in [1.807, 2.05) is 0 Å². The van der Waals surface area contributed by atoms with Crippen LogP contribution in [0.3, 0.4) is 0 Å². The number of aromatic hydroxyl groups is 1. The molecule has 0 spiro atoms. The van der Waals surface area contributed by atoms with Gasteiger partial charge in [-0.25, -0.2) is 4.79 Å². The fourth-order valence-corrected chi connectivity index (χ4v) is 2.07. The van der Waals surface area contributed by atoms with E-state index >= 15 is 0 Å². The molecule has 0 saturated carbocycles. The Morgan fingerprint density at radius 3 is 2.30 bits per heavy atom. The summed E-state index contributed by atoms with van der Waals surface area (Å²) in [4.78, 5) is 42.3. The van der Waals surface area contributed by atoms with Crippen LogP contribution in [0, 0.1) is 6.92 Å². The quantitative estimate of drug-likeness (QED) is 0.531. The zero-order valence-corrected chi connectivity index (χ0v) is 17.1. The lowest BCUT2D eigenvalue weighted by Gasteiger charge is -2.01. The number of hydrogen-bond donors (Lipinski definition) is 3. The number of fused-ring (bicyclic) bond motifs is 1. The van der Waals surface area contributed by atoms with Gasteiger partial charge in [-0.15, -0.1) is 0 Å². The van der Waals surface area contributed by atoms with E-state index in [0.717, 1.165) is 0 Å². The second kappa shape index (κ2) is 11.8. The van der Waals surface area contributed by atoms with Crippen LogP contribution in [-0.4, -0.2) is 46.2 Å². The molecule has 3 heterocycles. The number of nitrogens with one attached hydrogen (secondary N) is 1. The first-order valence-electron chi connectivity index (χ1n) is 8.76. The minimum absolute atomic E-state index is 0.0288. The van der Waals surface area contributed by atoms with Crippen LogP contribution in [0.2, 0.25) is 0 Å². The smallest absolute Gasteiger partial charge is 0.340 e. The molecule has 3 rings (SSSR count). The monoisotopic (exact) mass is 416 g/mol. The molecule has 30 heavy (non-hydrogen) atoms. The van der Waals surface area contributed by atoms with Crippen molar-refractivity contribution in [3.05, 3.63) is 58.4 Å². The average molecular weight is 416 g/mol. The zero-order valence-electron chi connectivity index (χ0n) is 17.1. The maximum Gasteiger partial charge on any atom is 0.340 e. The number of carbonyl (C=O) groups is 2. The highest BCUT2D eigenvalue weighted by atomic mass is 16.5. The number of anilines is 1. The first-order valence-corrected chi connectivity index (χ1v) is 8.76. The molecule has 0 aromatic carbocycles. The number of carbonyl (C=O) groups excluding carboxylic acids is 2. The van der Waals surface area contributed by atoms with Gasteiger partial charge in [0.1, 0.15) is 5.75 Å². The first kappa shape index (κ1) is 24.1. The van der Waals surface area contributed by atoms with Gasteiger partial charge in [0.15, 0.2) is 0 Å². The number of aromatic amines is 1. The van der Waals surface area contributed by atoms with Crippen LogP contribution in [0.1, 0.15) is 29.3 Å². The molecule has 0 aliphatic rings. The predicted octanol–water partition coefficient (Wildman–Crippen LogP) is 1.96. The van der Waals surface area contributed by atoms with Crippen LogP contribution >= 0.6 is 0 Å². The van der Waals surface area contributed by atoms with Crippen molar-refractivity contribution in [3.63, 3.8) is 0 Å². The van der Waals surface area contributed by atoms with Crippen LogP contribution < -0.4 is 11.3 Å². The van der Waals surface area contributed by atoms with Crippen LogP contribution in [0.4, 0.5) is 5.69 Å². The van der Waals surface area contributed by atoms with Gasteiger partial charge in [-0.3, -0.25) is 19.6 Å². The van der Waals surface area contributed by atoms with Gasteiger partial charge in [0, 0.05) is 24.2 Å². The molecule has 0 amide bonds. The van der Waals surface area contributed by atoms with Gasteiger partial charge < -0.3 is 25.3 Å². The van der Waals surface area contributed by atoms with Crippen molar-refractivity contribution in [1.29, 1.82) is 0 Å². The molecule has 160 valence electrons. The minimum Gasteiger partial charge on any atom is -0.507 e. The molecule has 0 fully saturated rings. The first-order chi connectivity index (χ1) is 14.3. The number of nitrogen functional groups attached to an aromatic ring is 1. The molecule has 0 radical (unpaired) electrons. The van der Waals surface area contributed by atoms with E-state index in [1.165, 1.54) is 38.9 Å². The molecule has 0 aliphatic carbocycles. The van der Waals surface area contributed by atoms with Gasteiger partial charge in [-0.05, 0) is 19.1 Å². The van der Waals surface area contributed by atoms with Crippen molar-refractivity contribution in [2.45, 2.75) is 20.3 Å². The van der Waals surface area contributed by atoms with Crippen LogP contribution in [0.5, 0.6) is 5.75 Å². The predicted molar refractivity (Wildman–Crippen MR) is 111 cm³/mol. The highest BCUT2D eigenvalue weighted by Crippen LogP contribution is 2.22. The molecule has 0 saturated heterocycles. The fraction of sp³-hybridized carbons (Fsp3) is 0.250. The van der Waals surface area contributed by atoms with E-state index in [9.17, 15) is 19.5 Å². The average Bonchev–Trinajstić information content (AvgIpc) is 2.77. The molecule has 3 aromatic heterocycles. The number of nitrogens with two attached hydrogens (primary N) is 1. The molecule has 0 aliphatic heterocycles. The normalized spacial score (nSPS) is 9.47. The summed E-state index contributed by atoms with van der Waals surface area (Å²) in [5, 5.41) is 10.2. The van der Waals surface area contributed by atoms with Gasteiger partial charge >= 0.3 is 11.9 Å². The van der Waals surface area contributed by atoms with E-state index in [1.54, 1.807) is 26.1 Å². The van der Waals surface area contributed by atoms with Crippen LogP contribution in [0.25, 0.3) is 10.9 Å². The van der Waals surface area contributed by atoms with Crippen molar-refractivity contribution in [3.8, 4) is 5.75 Å². The van der Waals surface area contributed by atoms with Crippen molar-refractivity contribution in [2.75, 3.05) is 20.0 Å². The zero-order chi connectivity index (χ0) is 22.7. The fourth-order valence-electron chi connectivity index (χ4n) is 2.07. The second-order valence-electron chi connectivity index (χ2n) is 5.73. The van der Waals surface area contributed by atoms with E-state index in [-0.39, 0.29) is 17.3 Å². The lowest BCUT2D eigenvalue weighted by Crippen LogP contribution is -2.09. The molecule has 0 unspecified atom stereocenters. The molecule has 4 N–H and O–H groups in total. The summed E-state index contributed by atoms with van der Waals surface area (Å²) < 4.78 is 8.73. The van der Waals surface area contributed by atoms with Crippen molar-refractivity contribution in [2.24, 2.45) is 0 Å². The maximum absolute atomic E-state index is 11.2. The van der Waals surface area contributed by atoms with E-state index in [4.69, 9.17) is 5.73 Å². The summed E-state index contributed by atoms with van der Waals surface area (Å²) in [6, 6.07) is 3.18. The Bertz CT molecular complexity index is 1060. The van der Waals surface area contributed by atoms with Crippen molar-refractivity contribution >= 4 is 28.5 Å². The summed E-state index contributed by atoms with van der Waals surface area (Å²) in [6.07, 6.45) is 6.45. The standard InChI is InChI=1S/C9H8N2O2.C7H8N2O2.C4H8O2/c1-5-8(12)6-2-3-10-4-7(6)11-9(5)13;1-11-7(10)5-2-3-9-4-6(5)8;1-3-4(5)6-2/h2-4H,1H3,(H2,11,12,13);2-4H,8H2,1H3;3H2,1-2H3. The third-order valence-electron chi connectivity index (χ3n) is 3.79.